The lowest BCUT2D eigenvalue weighted by atomic mass is 10.1. The zero-order chi connectivity index (χ0) is 12.6. The first-order chi connectivity index (χ1) is 8.84. The van der Waals surface area contributed by atoms with Crippen molar-refractivity contribution in [3.05, 3.63) is 48.3 Å². The molecule has 5 nitrogen and oxygen atoms in total. The lowest BCUT2D eigenvalue weighted by Gasteiger charge is -2.04. The van der Waals surface area contributed by atoms with Crippen LogP contribution in [0.1, 0.15) is 17.8 Å². The van der Waals surface area contributed by atoms with Gasteiger partial charge in [-0.15, -0.1) is 0 Å². The van der Waals surface area contributed by atoms with Gasteiger partial charge in [0.1, 0.15) is 5.82 Å². The Morgan fingerprint density at radius 3 is 2.78 bits per heavy atom. The van der Waals surface area contributed by atoms with Crippen LogP contribution < -0.4 is 5.32 Å². The first-order valence-corrected chi connectivity index (χ1v) is 5.98. The second-order valence-corrected chi connectivity index (χ2v) is 3.99. The molecule has 0 atom stereocenters. The summed E-state index contributed by atoms with van der Waals surface area (Å²) in [5.41, 5.74) is 1.13. The average molecular weight is 244 g/mol. The maximum absolute atomic E-state index is 11.6. The predicted octanol–water partition coefficient (Wildman–Crippen LogP) is 1.10. The van der Waals surface area contributed by atoms with E-state index in [9.17, 15) is 4.79 Å². The van der Waals surface area contributed by atoms with Crippen molar-refractivity contribution in [1.82, 2.24) is 20.3 Å². The van der Waals surface area contributed by atoms with Crippen molar-refractivity contribution in [2.75, 3.05) is 6.54 Å². The summed E-state index contributed by atoms with van der Waals surface area (Å²) in [6.45, 7) is 0.614. The number of aromatic amines is 1. The second-order valence-electron chi connectivity index (χ2n) is 3.99. The van der Waals surface area contributed by atoms with E-state index < -0.39 is 0 Å². The van der Waals surface area contributed by atoms with E-state index in [1.54, 1.807) is 24.8 Å². The van der Waals surface area contributed by atoms with Crippen LogP contribution in [-0.4, -0.2) is 27.4 Å². The van der Waals surface area contributed by atoms with Crippen LogP contribution in [0.25, 0.3) is 0 Å². The molecule has 2 heterocycles. The fraction of sp³-hybridized carbons (Fsp3) is 0.308. The first kappa shape index (κ1) is 12.3. The van der Waals surface area contributed by atoms with E-state index in [1.165, 1.54) is 0 Å². The Bertz CT molecular complexity index is 467. The van der Waals surface area contributed by atoms with E-state index in [0.29, 0.717) is 13.0 Å². The number of nitrogens with zero attached hydrogens (tertiary/aromatic N) is 2. The number of imidazole rings is 1. The number of hydrogen-bond donors (Lipinski definition) is 2. The predicted molar refractivity (Wildman–Crippen MR) is 67.9 cm³/mol. The van der Waals surface area contributed by atoms with Gasteiger partial charge < -0.3 is 10.3 Å². The fourth-order valence-corrected chi connectivity index (χ4v) is 1.65. The molecule has 0 aliphatic heterocycles. The Kier molecular flexibility index (Phi) is 4.46. The number of aromatic nitrogens is 3. The average Bonchev–Trinajstić information content (AvgIpc) is 2.91. The molecule has 5 heteroatoms. The third-order valence-electron chi connectivity index (χ3n) is 2.63. The highest BCUT2D eigenvalue weighted by atomic mass is 16.1. The lowest BCUT2D eigenvalue weighted by molar-refractivity contribution is -0.121. The van der Waals surface area contributed by atoms with Crippen molar-refractivity contribution in [3.63, 3.8) is 0 Å². The summed E-state index contributed by atoms with van der Waals surface area (Å²) in [5, 5.41) is 2.88. The number of hydrogen-bond acceptors (Lipinski definition) is 3. The molecule has 0 saturated heterocycles. The zero-order valence-electron chi connectivity index (χ0n) is 10.1. The minimum atomic E-state index is 0.0679. The van der Waals surface area contributed by atoms with Crippen molar-refractivity contribution in [1.29, 1.82) is 0 Å². The number of pyridine rings is 1. The Labute approximate surface area is 106 Å². The molecule has 0 radical (unpaired) electrons. The maximum atomic E-state index is 11.6. The monoisotopic (exact) mass is 244 g/mol. The minimum Gasteiger partial charge on any atom is -0.356 e. The molecule has 2 aromatic rings. The molecule has 18 heavy (non-hydrogen) atoms. The van der Waals surface area contributed by atoms with E-state index in [1.807, 2.05) is 12.1 Å². The van der Waals surface area contributed by atoms with E-state index in [2.05, 4.69) is 20.3 Å². The maximum Gasteiger partial charge on any atom is 0.220 e. The van der Waals surface area contributed by atoms with Gasteiger partial charge in [-0.3, -0.25) is 9.78 Å². The summed E-state index contributed by atoms with van der Waals surface area (Å²) in [6.07, 6.45) is 8.95. The van der Waals surface area contributed by atoms with Crippen molar-refractivity contribution < 1.29 is 4.79 Å². The Morgan fingerprint density at radius 2 is 2.06 bits per heavy atom. The highest BCUT2D eigenvalue weighted by molar-refractivity contribution is 5.76. The molecule has 0 unspecified atom stereocenters. The number of carbonyl (C=O) groups excluding carboxylic acids is 1. The largest absolute Gasteiger partial charge is 0.356 e. The van der Waals surface area contributed by atoms with E-state index >= 15 is 0 Å². The summed E-state index contributed by atoms with van der Waals surface area (Å²) in [5.74, 6) is 0.961. The molecule has 0 fully saturated rings. The van der Waals surface area contributed by atoms with Gasteiger partial charge in [-0.1, -0.05) is 0 Å². The summed E-state index contributed by atoms with van der Waals surface area (Å²) < 4.78 is 0. The van der Waals surface area contributed by atoms with Gasteiger partial charge in [0.15, 0.2) is 0 Å². The van der Waals surface area contributed by atoms with Gasteiger partial charge in [-0.25, -0.2) is 4.98 Å². The Balaban J connectivity index is 1.63. The van der Waals surface area contributed by atoms with Crippen LogP contribution in [-0.2, 0) is 17.6 Å². The Hall–Kier alpha value is -2.17. The molecule has 0 saturated carbocycles. The van der Waals surface area contributed by atoms with Crippen molar-refractivity contribution >= 4 is 5.91 Å². The molecular weight excluding hydrogens is 228 g/mol. The fourth-order valence-electron chi connectivity index (χ4n) is 1.65. The molecule has 94 valence electrons. The van der Waals surface area contributed by atoms with Crippen LogP contribution in [0.4, 0.5) is 0 Å². The number of amides is 1. The summed E-state index contributed by atoms with van der Waals surface area (Å²) in [6, 6.07) is 3.85. The number of carbonyl (C=O) groups is 1. The van der Waals surface area contributed by atoms with Gasteiger partial charge >= 0.3 is 0 Å². The highest BCUT2D eigenvalue weighted by Crippen LogP contribution is 2.00. The van der Waals surface area contributed by atoms with E-state index in [4.69, 9.17) is 0 Å². The number of rotatable bonds is 6. The second kappa shape index (κ2) is 6.54. The van der Waals surface area contributed by atoms with Crippen molar-refractivity contribution in [2.45, 2.75) is 19.3 Å². The molecule has 0 aliphatic rings. The summed E-state index contributed by atoms with van der Waals surface area (Å²) >= 11 is 0. The molecule has 0 aromatic carbocycles. The van der Waals surface area contributed by atoms with Gasteiger partial charge in [-0.2, -0.15) is 0 Å². The van der Waals surface area contributed by atoms with Crippen LogP contribution in [0.15, 0.2) is 36.9 Å². The van der Waals surface area contributed by atoms with Crippen molar-refractivity contribution in [3.8, 4) is 0 Å². The van der Waals surface area contributed by atoms with Crippen LogP contribution in [0.5, 0.6) is 0 Å². The molecule has 2 rings (SSSR count). The third kappa shape index (κ3) is 4.01. The van der Waals surface area contributed by atoms with Gasteiger partial charge in [0.25, 0.3) is 0 Å². The molecule has 1 amide bonds. The van der Waals surface area contributed by atoms with Gasteiger partial charge in [0.2, 0.25) is 5.91 Å². The molecule has 0 spiro atoms. The number of aryl methyl sites for hydroxylation is 1. The van der Waals surface area contributed by atoms with Gasteiger partial charge in [-0.05, 0) is 24.1 Å². The van der Waals surface area contributed by atoms with Crippen molar-refractivity contribution in [2.24, 2.45) is 0 Å². The minimum absolute atomic E-state index is 0.0679. The smallest absolute Gasteiger partial charge is 0.220 e. The normalized spacial score (nSPS) is 10.2. The van der Waals surface area contributed by atoms with Crippen LogP contribution in [0, 0.1) is 0 Å². The molecule has 2 aromatic heterocycles. The van der Waals surface area contributed by atoms with E-state index in [0.717, 1.165) is 24.2 Å². The molecule has 0 bridgehead atoms. The molecular formula is C13H16N4O. The van der Waals surface area contributed by atoms with Crippen LogP contribution >= 0.6 is 0 Å². The standard InChI is InChI=1S/C13H16N4O/c18-13(2-1-11-3-6-14-7-4-11)17-8-5-12-15-9-10-16-12/h3-4,6-7,9-10H,1-2,5,8H2,(H,15,16)(H,17,18). The summed E-state index contributed by atoms with van der Waals surface area (Å²) in [4.78, 5) is 22.6. The third-order valence-corrected chi connectivity index (χ3v) is 2.63. The topological polar surface area (TPSA) is 70.7 Å². The lowest BCUT2D eigenvalue weighted by Crippen LogP contribution is -2.26. The summed E-state index contributed by atoms with van der Waals surface area (Å²) in [7, 11) is 0. The van der Waals surface area contributed by atoms with Gasteiger partial charge in [0, 0.05) is 44.2 Å². The number of nitrogens with one attached hydrogen (secondary N) is 2. The Morgan fingerprint density at radius 1 is 1.22 bits per heavy atom. The van der Waals surface area contributed by atoms with Crippen LogP contribution in [0.2, 0.25) is 0 Å². The van der Waals surface area contributed by atoms with Gasteiger partial charge in [0.05, 0.1) is 0 Å². The molecule has 2 N–H and O–H groups in total. The SMILES string of the molecule is O=C(CCc1ccncc1)NCCc1ncc[nH]1. The van der Waals surface area contributed by atoms with Crippen LogP contribution in [0.3, 0.4) is 0 Å². The number of H-pyrrole nitrogens is 1. The zero-order valence-corrected chi connectivity index (χ0v) is 10.1. The molecule has 0 aliphatic carbocycles. The quantitative estimate of drug-likeness (QED) is 0.799. The first-order valence-electron chi connectivity index (χ1n) is 5.98. The van der Waals surface area contributed by atoms with E-state index in [-0.39, 0.29) is 5.91 Å². The highest BCUT2D eigenvalue weighted by Gasteiger charge is 2.02.